The van der Waals surface area contributed by atoms with Gasteiger partial charge in [0.05, 0.1) is 0 Å². The topological polar surface area (TPSA) is 12.0 Å². The van der Waals surface area contributed by atoms with Gasteiger partial charge < -0.3 is 5.32 Å². The maximum Gasteiger partial charge on any atom is 0.107 e. The Morgan fingerprint density at radius 2 is 1.94 bits per heavy atom. The fourth-order valence-corrected chi connectivity index (χ4v) is 3.85. The Hall–Kier alpha value is 0.130. The highest BCUT2D eigenvalue weighted by atomic mass is 79.9. The number of hydrogen-bond donors (Lipinski definition) is 1. The van der Waals surface area contributed by atoms with Crippen molar-refractivity contribution in [2.45, 2.75) is 12.5 Å². The lowest BCUT2D eigenvalue weighted by Gasteiger charge is -2.14. The third-order valence-corrected chi connectivity index (χ3v) is 5.83. The molecule has 1 nitrogen and oxygen atoms in total. The first-order valence-electron chi connectivity index (χ1n) is 5.46. The molecule has 2 aromatic rings. The van der Waals surface area contributed by atoms with Crippen LogP contribution in [0.3, 0.4) is 0 Å². The Labute approximate surface area is 133 Å². The monoisotopic (exact) mass is 407 g/mol. The number of hydrogen-bond acceptors (Lipinski definition) is 2. The summed E-state index contributed by atoms with van der Waals surface area (Å²) in [6.07, 6.45) is 0.951. The number of rotatable bonds is 4. The Morgan fingerprint density at radius 1 is 1.28 bits per heavy atom. The summed E-state index contributed by atoms with van der Waals surface area (Å²) in [4.78, 5) is 1.25. The summed E-state index contributed by atoms with van der Waals surface area (Å²) in [6.45, 7) is 0. The van der Waals surface area contributed by atoms with Crippen molar-refractivity contribution in [2.75, 3.05) is 7.05 Å². The van der Waals surface area contributed by atoms with Crippen LogP contribution in [0.2, 0.25) is 4.34 Å². The predicted octanol–water partition coefficient (Wildman–Crippen LogP) is 5.43. The quantitative estimate of drug-likeness (QED) is 0.710. The van der Waals surface area contributed by atoms with Crippen molar-refractivity contribution in [1.82, 2.24) is 5.32 Å². The highest BCUT2D eigenvalue weighted by Gasteiger charge is 2.14. The van der Waals surface area contributed by atoms with Crippen molar-refractivity contribution < 1.29 is 0 Å². The van der Waals surface area contributed by atoms with Crippen LogP contribution in [0.15, 0.2) is 39.3 Å². The van der Waals surface area contributed by atoms with Crippen LogP contribution < -0.4 is 5.32 Å². The molecule has 0 bridgehead atoms. The molecule has 1 aromatic carbocycles. The third-order valence-electron chi connectivity index (χ3n) is 2.71. The van der Waals surface area contributed by atoms with E-state index in [-0.39, 0.29) is 0 Å². The minimum atomic E-state index is 0.292. The number of halogens is 3. The molecule has 0 radical (unpaired) electrons. The predicted molar refractivity (Wildman–Crippen MR) is 86.7 cm³/mol. The van der Waals surface area contributed by atoms with Gasteiger partial charge in [-0.05, 0) is 53.2 Å². The van der Waals surface area contributed by atoms with Gasteiger partial charge in [-0.3, -0.25) is 0 Å². The van der Waals surface area contributed by atoms with Crippen molar-refractivity contribution in [3.05, 3.63) is 54.1 Å². The standard InChI is InChI=1S/C13H12Br2ClNS/c1-17-11(12-7-10(15)13(16)18-12)6-8-2-4-9(14)5-3-8/h2-5,7,11,17H,6H2,1H3. The number of thiophene rings is 1. The Kier molecular flexibility index (Phi) is 5.27. The van der Waals surface area contributed by atoms with E-state index in [1.807, 2.05) is 7.05 Å². The molecule has 2 rings (SSSR count). The normalized spacial score (nSPS) is 12.7. The average molecular weight is 410 g/mol. The maximum atomic E-state index is 6.09. The zero-order valence-electron chi connectivity index (χ0n) is 9.71. The number of likely N-dealkylation sites (N-methyl/N-ethyl adjacent to an activating group) is 1. The van der Waals surface area contributed by atoms with E-state index in [4.69, 9.17) is 11.6 Å². The molecule has 18 heavy (non-hydrogen) atoms. The van der Waals surface area contributed by atoms with Crippen LogP contribution in [0.5, 0.6) is 0 Å². The second-order valence-corrected chi connectivity index (χ2v) is 7.40. The summed E-state index contributed by atoms with van der Waals surface area (Å²) >= 11 is 14.6. The summed E-state index contributed by atoms with van der Waals surface area (Å²) in [5, 5.41) is 3.34. The van der Waals surface area contributed by atoms with Crippen molar-refractivity contribution in [1.29, 1.82) is 0 Å². The molecule has 0 saturated heterocycles. The average Bonchev–Trinajstić information content (AvgIpc) is 2.69. The van der Waals surface area contributed by atoms with E-state index in [1.54, 1.807) is 11.3 Å². The van der Waals surface area contributed by atoms with Gasteiger partial charge in [0.25, 0.3) is 0 Å². The molecule has 0 fully saturated rings. The van der Waals surface area contributed by atoms with E-state index in [1.165, 1.54) is 10.4 Å². The minimum Gasteiger partial charge on any atom is -0.312 e. The molecule has 1 heterocycles. The molecule has 0 aliphatic heterocycles. The van der Waals surface area contributed by atoms with Gasteiger partial charge in [-0.2, -0.15) is 0 Å². The molecule has 0 saturated carbocycles. The van der Waals surface area contributed by atoms with Gasteiger partial charge in [0.1, 0.15) is 4.34 Å². The highest BCUT2D eigenvalue weighted by Crippen LogP contribution is 2.36. The fraction of sp³-hybridized carbons (Fsp3) is 0.231. The van der Waals surface area contributed by atoms with Gasteiger partial charge in [0.15, 0.2) is 0 Å². The first-order valence-corrected chi connectivity index (χ1v) is 8.24. The second-order valence-electron chi connectivity index (χ2n) is 3.94. The molecule has 1 atom stereocenters. The SMILES string of the molecule is CNC(Cc1ccc(Br)cc1)c1cc(Br)c(Cl)s1. The van der Waals surface area contributed by atoms with E-state index in [0.29, 0.717) is 6.04 Å². The highest BCUT2D eigenvalue weighted by molar-refractivity contribution is 9.10. The summed E-state index contributed by atoms with van der Waals surface area (Å²) in [7, 11) is 1.98. The lowest BCUT2D eigenvalue weighted by molar-refractivity contribution is 0.602. The van der Waals surface area contributed by atoms with Crippen LogP contribution in [0.25, 0.3) is 0 Å². The van der Waals surface area contributed by atoms with E-state index >= 15 is 0 Å². The summed E-state index contributed by atoms with van der Waals surface area (Å²) in [6, 6.07) is 10.8. The van der Waals surface area contributed by atoms with Crippen molar-refractivity contribution in [3.63, 3.8) is 0 Å². The van der Waals surface area contributed by atoms with E-state index in [9.17, 15) is 0 Å². The molecule has 1 aromatic heterocycles. The zero-order chi connectivity index (χ0) is 13.1. The molecule has 0 aliphatic rings. The molecule has 5 heteroatoms. The summed E-state index contributed by atoms with van der Waals surface area (Å²) in [5.41, 5.74) is 1.30. The first-order chi connectivity index (χ1) is 8.60. The molecule has 0 aliphatic carbocycles. The largest absolute Gasteiger partial charge is 0.312 e. The van der Waals surface area contributed by atoms with Gasteiger partial charge in [-0.1, -0.05) is 39.7 Å². The second kappa shape index (κ2) is 6.53. The van der Waals surface area contributed by atoms with Crippen LogP contribution in [0, 0.1) is 0 Å². The Morgan fingerprint density at radius 3 is 2.44 bits per heavy atom. The first kappa shape index (κ1) is 14.5. The summed E-state index contributed by atoms with van der Waals surface area (Å²) < 4.78 is 2.88. The van der Waals surface area contributed by atoms with Crippen molar-refractivity contribution >= 4 is 54.8 Å². The van der Waals surface area contributed by atoms with Crippen LogP contribution in [0.4, 0.5) is 0 Å². The Balaban J connectivity index is 2.16. The molecular weight excluding hydrogens is 397 g/mol. The molecule has 1 N–H and O–H groups in total. The zero-order valence-corrected chi connectivity index (χ0v) is 14.5. The lowest BCUT2D eigenvalue weighted by Crippen LogP contribution is -2.17. The molecular formula is C13H12Br2ClNS. The molecule has 0 spiro atoms. The number of nitrogens with one attached hydrogen (secondary N) is 1. The lowest BCUT2D eigenvalue weighted by atomic mass is 10.1. The van der Waals surface area contributed by atoms with E-state index < -0.39 is 0 Å². The van der Waals surface area contributed by atoms with E-state index in [0.717, 1.165) is 19.7 Å². The minimum absolute atomic E-state index is 0.292. The number of benzene rings is 1. The van der Waals surface area contributed by atoms with Crippen molar-refractivity contribution in [2.24, 2.45) is 0 Å². The van der Waals surface area contributed by atoms with Crippen molar-refractivity contribution in [3.8, 4) is 0 Å². The van der Waals surface area contributed by atoms with E-state index in [2.05, 4.69) is 67.5 Å². The maximum absolute atomic E-state index is 6.09. The molecule has 96 valence electrons. The van der Waals surface area contributed by atoms with Gasteiger partial charge in [0, 0.05) is 19.9 Å². The third kappa shape index (κ3) is 3.58. The van der Waals surface area contributed by atoms with Gasteiger partial charge >= 0.3 is 0 Å². The van der Waals surface area contributed by atoms with Gasteiger partial charge in [0.2, 0.25) is 0 Å². The smallest absolute Gasteiger partial charge is 0.107 e. The summed E-state index contributed by atoms with van der Waals surface area (Å²) in [5.74, 6) is 0. The molecule has 0 amide bonds. The van der Waals surface area contributed by atoms with Gasteiger partial charge in [-0.25, -0.2) is 0 Å². The van der Waals surface area contributed by atoms with Gasteiger partial charge in [-0.15, -0.1) is 11.3 Å². The van der Waals surface area contributed by atoms with Crippen LogP contribution in [0.1, 0.15) is 16.5 Å². The van der Waals surface area contributed by atoms with Crippen LogP contribution in [-0.4, -0.2) is 7.05 Å². The van der Waals surface area contributed by atoms with Crippen LogP contribution in [-0.2, 0) is 6.42 Å². The molecule has 1 unspecified atom stereocenters. The fourth-order valence-electron chi connectivity index (χ4n) is 1.74. The Bertz CT molecular complexity index is 505. The van der Waals surface area contributed by atoms with Crippen LogP contribution >= 0.6 is 54.8 Å².